The third kappa shape index (κ3) is 8.13. The zero-order valence-electron chi connectivity index (χ0n) is 23.3. The maximum Gasteiger partial charge on any atom is 0.483 e. The first-order valence-electron chi connectivity index (χ1n) is 13.0. The SMILES string of the molecule is CC(=O)N[C@H]1[C@@H](OP(=O)(O)OP(=O)(O)OC[C@H]2O[C@@H](n3cc(-c4ccc(C=O)s4)c(=O)[nH]c3=O)[C@H](O)[C@@H]2O)O[C@H](CO)[C@H](O)[C@@H]1O. The van der Waals surface area contributed by atoms with Crippen LogP contribution in [-0.4, -0.2) is 119 Å². The zero-order chi connectivity index (χ0) is 34.1. The lowest BCUT2D eigenvalue weighted by Crippen LogP contribution is -2.64. The van der Waals surface area contributed by atoms with E-state index in [1.54, 1.807) is 0 Å². The van der Waals surface area contributed by atoms with Crippen LogP contribution in [0.25, 0.3) is 10.4 Å². The Morgan fingerprint density at radius 2 is 1.74 bits per heavy atom. The topological polar surface area (TPSA) is 323 Å². The molecule has 2 fully saturated rings. The van der Waals surface area contributed by atoms with Gasteiger partial charge in [-0.2, -0.15) is 4.31 Å². The molecule has 0 radical (unpaired) electrons. The molecule has 4 heterocycles. The van der Waals surface area contributed by atoms with Crippen molar-refractivity contribution in [2.45, 2.75) is 62.1 Å². The Labute approximate surface area is 260 Å². The number of thiophene rings is 1. The molecule has 2 aromatic heterocycles. The normalized spacial score (nSPS) is 32.4. The van der Waals surface area contributed by atoms with E-state index in [2.05, 4.69) is 14.2 Å². The number of hydrogen-bond donors (Lipinski definition) is 9. The minimum absolute atomic E-state index is 0.0929. The number of amides is 1. The lowest BCUT2D eigenvalue weighted by Gasteiger charge is -2.42. The fourth-order valence-electron chi connectivity index (χ4n) is 4.54. The smallest absolute Gasteiger partial charge is 0.394 e. The highest BCUT2D eigenvalue weighted by atomic mass is 32.1. The summed E-state index contributed by atoms with van der Waals surface area (Å²) in [5.41, 5.74) is -2.00. The molecule has 0 aromatic carbocycles. The van der Waals surface area contributed by atoms with Gasteiger partial charge >= 0.3 is 21.3 Å². The van der Waals surface area contributed by atoms with Crippen LogP contribution in [0.15, 0.2) is 27.9 Å². The molecule has 1 amide bonds. The van der Waals surface area contributed by atoms with Gasteiger partial charge in [0, 0.05) is 18.0 Å². The van der Waals surface area contributed by atoms with Gasteiger partial charge in [-0.1, -0.05) is 0 Å². The summed E-state index contributed by atoms with van der Waals surface area (Å²) in [6.45, 7) is -1.02. The van der Waals surface area contributed by atoms with Gasteiger partial charge in [-0.15, -0.1) is 11.3 Å². The Balaban J connectivity index is 1.44. The third-order valence-electron chi connectivity index (χ3n) is 6.68. The number of aliphatic hydroxyl groups excluding tert-OH is 5. The summed E-state index contributed by atoms with van der Waals surface area (Å²) in [5, 5.41) is 52.8. The monoisotopic (exact) mass is 717 g/mol. The minimum atomic E-state index is -5.68. The summed E-state index contributed by atoms with van der Waals surface area (Å²) in [6, 6.07) is 1.14. The van der Waals surface area contributed by atoms with Crippen LogP contribution in [0.1, 0.15) is 22.8 Å². The molecule has 21 nitrogen and oxygen atoms in total. The van der Waals surface area contributed by atoms with Crippen molar-refractivity contribution in [3.63, 3.8) is 0 Å². The van der Waals surface area contributed by atoms with E-state index >= 15 is 0 Å². The molecule has 2 unspecified atom stereocenters. The maximum absolute atomic E-state index is 12.6. The zero-order valence-corrected chi connectivity index (χ0v) is 25.9. The van der Waals surface area contributed by atoms with Crippen molar-refractivity contribution in [2.24, 2.45) is 0 Å². The van der Waals surface area contributed by atoms with E-state index in [1.807, 2.05) is 4.98 Å². The van der Waals surface area contributed by atoms with E-state index in [9.17, 15) is 63.6 Å². The molecule has 2 aliphatic rings. The van der Waals surface area contributed by atoms with Gasteiger partial charge in [0.1, 0.15) is 42.7 Å². The summed E-state index contributed by atoms with van der Waals surface area (Å²) < 4.78 is 49.9. The molecule has 2 saturated heterocycles. The highest BCUT2D eigenvalue weighted by Gasteiger charge is 2.50. The van der Waals surface area contributed by atoms with E-state index < -0.39 is 101 Å². The largest absolute Gasteiger partial charge is 0.483 e. The maximum atomic E-state index is 12.6. The van der Waals surface area contributed by atoms with Crippen molar-refractivity contribution in [1.29, 1.82) is 0 Å². The van der Waals surface area contributed by atoms with Crippen LogP contribution in [0, 0.1) is 0 Å². The summed E-state index contributed by atoms with van der Waals surface area (Å²) >= 11 is 0.926. The van der Waals surface area contributed by atoms with Gasteiger partial charge < -0.3 is 50.1 Å². The number of nitrogens with one attached hydrogen (secondary N) is 2. The number of aldehydes is 1. The molecule has 9 N–H and O–H groups in total. The van der Waals surface area contributed by atoms with Crippen molar-refractivity contribution >= 4 is 39.2 Å². The lowest BCUT2D eigenvalue weighted by atomic mass is 9.97. The highest BCUT2D eigenvalue weighted by Crippen LogP contribution is 2.61. The van der Waals surface area contributed by atoms with Gasteiger partial charge in [-0.3, -0.25) is 33.0 Å². The molecule has 0 aliphatic carbocycles. The number of H-pyrrole nitrogens is 1. The average molecular weight is 717 g/mol. The Morgan fingerprint density at radius 1 is 1.07 bits per heavy atom. The number of aromatic nitrogens is 2. The molecule has 256 valence electrons. The molecule has 0 spiro atoms. The van der Waals surface area contributed by atoms with Crippen LogP contribution in [0.4, 0.5) is 0 Å². The molecule has 46 heavy (non-hydrogen) atoms. The first-order chi connectivity index (χ1) is 21.5. The highest BCUT2D eigenvalue weighted by molar-refractivity contribution is 7.61. The van der Waals surface area contributed by atoms with Crippen LogP contribution in [0.2, 0.25) is 0 Å². The molecule has 2 aliphatic heterocycles. The minimum Gasteiger partial charge on any atom is -0.394 e. The fourth-order valence-corrected chi connectivity index (χ4v) is 7.53. The Hall–Kier alpha value is -2.50. The number of aliphatic hydroxyl groups is 5. The Kier molecular flexibility index (Phi) is 11.3. The number of phosphoric acid groups is 2. The molecule has 4 rings (SSSR count). The molecular weight excluding hydrogens is 688 g/mol. The second-order valence-corrected chi connectivity index (χ2v) is 14.0. The summed E-state index contributed by atoms with van der Waals surface area (Å²) in [6.07, 6.45) is -12.9. The van der Waals surface area contributed by atoms with Crippen molar-refractivity contribution in [2.75, 3.05) is 13.2 Å². The average Bonchev–Trinajstić information content (AvgIpc) is 3.55. The molecule has 24 heteroatoms. The number of carbonyl (C=O) groups excluding carboxylic acids is 2. The van der Waals surface area contributed by atoms with Crippen molar-refractivity contribution in [3.8, 4) is 10.4 Å². The number of ether oxygens (including phenoxy) is 2. The van der Waals surface area contributed by atoms with Crippen LogP contribution in [0.3, 0.4) is 0 Å². The number of aromatic amines is 1. The number of hydrogen-bond acceptors (Lipinski definition) is 17. The Bertz CT molecular complexity index is 1650. The first-order valence-corrected chi connectivity index (χ1v) is 16.8. The van der Waals surface area contributed by atoms with Gasteiger partial charge in [-0.05, 0) is 12.1 Å². The second kappa shape index (κ2) is 14.3. The van der Waals surface area contributed by atoms with Crippen LogP contribution >= 0.6 is 27.0 Å². The molecule has 11 atom stereocenters. The number of carbonyl (C=O) groups is 2. The third-order valence-corrected chi connectivity index (χ3v) is 10.3. The number of nitrogens with zero attached hydrogens (tertiary/aromatic N) is 1. The van der Waals surface area contributed by atoms with E-state index in [0.29, 0.717) is 6.29 Å². The van der Waals surface area contributed by atoms with Gasteiger partial charge in [0.25, 0.3) is 5.56 Å². The van der Waals surface area contributed by atoms with Gasteiger partial charge in [0.15, 0.2) is 18.8 Å². The second-order valence-electron chi connectivity index (χ2n) is 9.93. The molecule has 0 bridgehead atoms. The van der Waals surface area contributed by atoms with Crippen LogP contribution in [0.5, 0.6) is 0 Å². The molecule has 2 aromatic rings. The fraction of sp³-hybridized carbons (Fsp3) is 0.545. The van der Waals surface area contributed by atoms with E-state index in [0.717, 1.165) is 29.0 Å². The quantitative estimate of drug-likeness (QED) is 0.0775. The summed E-state index contributed by atoms with van der Waals surface area (Å²) in [5.74, 6) is -0.810. The van der Waals surface area contributed by atoms with E-state index in [-0.39, 0.29) is 15.3 Å². The predicted molar refractivity (Wildman–Crippen MR) is 149 cm³/mol. The first kappa shape index (κ1) is 36.3. The lowest BCUT2D eigenvalue weighted by molar-refractivity contribution is -0.247. The number of rotatable bonds is 12. The Morgan fingerprint density at radius 3 is 2.35 bits per heavy atom. The molecular formula is C22H29N3O18P2S. The summed E-state index contributed by atoms with van der Waals surface area (Å²) in [4.78, 5) is 70.2. The molecule has 0 saturated carbocycles. The van der Waals surface area contributed by atoms with Gasteiger partial charge in [0.2, 0.25) is 5.91 Å². The van der Waals surface area contributed by atoms with Crippen molar-refractivity contribution < 1.29 is 76.9 Å². The van der Waals surface area contributed by atoms with Gasteiger partial charge in [0.05, 0.1) is 23.7 Å². The predicted octanol–water partition coefficient (Wildman–Crippen LogP) is -3.11. The van der Waals surface area contributed by atoms with Gasteiger partial charge in [-0.25, -0.2) is 13.9 Å². The summed E-state index contributed by atoms with van der Waals surface area (Å²) in [7, 11) is -11.3. The van der Waals surface area contributed by atoms with Crippen molar-refractivity contribution in [3.05, 3.63) is 44.0 Å². The van der Waals surface area contributed by atoms with Crippen molar-refractivity contribution in [1.82, 2.24) is 14.9 Å². The van der Waals surface area contributed by atoms with Crippen LogP contribution < -0.4 is 16.6 Å². The van der Waals surface area contributed by atoms with E-state index in [4.69, 9.17) is 14.0 Å². The van der Waals surface area contributed by atoms with E-state index in [1.165, 1.54) is 12.1 Å². The number of phosphoric ester groups is 2. The standard InChI is InChI=1S/C22H29N3O18P2S/c1-8(28)23-14-17(31)15(29)11(6-27)41-21(14)42-45(37,38)43-44(35,36)39-7-12-16(30)18(32)20(40-12)25-4-10(19(33)24-22(25)34)13-3-2-9(5-26)46-13/h2-5,11-12,14-18,20-21,27,29-32H,6-7H2,1H3,(H,23,28)(H,35,36)(H,37,38)(H,24,33,34)/t11-,12-,14-,15+,16-,17-,18-,20-,21-/m1/s1. The van der Waals surface area contributed by atoms with Crippen LogP contribution in [-0.2, 0) is 36.8 Å².